The Morgan fingerprint density at radius 2 is 1.94 bits per heavy atom. The number of hydrogen-bond acceptors (Lipinski definition) is 2. The molecular weight excluding hydrogens is 221 g/mol. The first kappa shape index (κ1) is 11.3. The molecule has 1 aromatic heterocycles. The van der Waals surface area contributed by atoms with Gasteiger partial charge in [0.15, 0.2) is 0 Å². The lowest BCUT2D eigenvalue weighted by atomic mass is 10.0. The van der Waals surface area contributed by atoms with Gasteiger partial charge in [-0.25, -0.2) is 9.18 Å². The van der Waals surface area contributed by atoms with Gasteiger partial charge in [0, 0.05) is 18.8 Å². The minimum atomic E-state index is -1.25. The fourth-order valence-electron chi connectivity index (χ4n) is 1.60. The Kier molecular flexibility index (Phi) is 3.14. The first-order chi connectivity index (χ1) is 8.18. The van der Waals surface area contributed by atoms with Gasteiger partial charge in [-0.3, -0.25) is 4.98 Å². The summed E-state index contributed by atoms with van der Waals surface area (Å²) in [4.78, 5) is 14.6. The predicted octanol–water partition coefficient (Wildman–Crippen LogP) is 2.51. The van der Waals surface area contributed by atoms with Crippen molar-refractivity contribution in [2.75, 3.05) is 0 Å². The largest absolute Gasteiger partial charge is 0.478 e. The molecule has 0 amide bonds. The van der Waals surface area contributed by atoms with Crippen LogP contribution in [0.15, 0.2) is 42.7 Å². The van der Waals surface area contributed by atoms with Crippen LogP contribution >= 0.6 is 0 Å². The van der Waals surface area contributed by atoms with E-state index in [4.69, 9.17) is 5.11 Å². The van der Waals surface area contributed by atoms with Crippen LogP contribution < -0.4 is 0 Å². The molecule has 1 aromatic carbocycles. The van der Waals surface area contributed by atoms with Gasteiger partial charge >= 0.3 is 5.97 Å². The molecule has 0 aliphatic heterocycles. The van der Waals surface area contributed by atoms with Gasteiger partial charge in [0.25, 0.3) is 0 Å². The maximum absolute atomic E-state index is 13.8. The number of aromatic nitrogens is 1. The third-order valence-electron chi connectivity index (χ3n) is 2.45. The van der Waals surface area contributed by atoms with E-state index in [9.17, 15) is 9.18 Å². The van der Waals surface area contributed by atoms with Crippen LogP contribution in [0.1, 0.15) is 21.5 Å². The summed E-state index contributed by atoms with van der Waals surface area (Å²) < 4.78 is 13.8. The van der Waals surface area contributed by atoms with E-state index in [2.05, 4.69) is 4.98 Å². The Morgan fingerprint density at radius 1 is 1.24 bits per heavy atom. The van der Waals surface area contributed by atoms with Crippen molar-refractivity contribution in [2.24, 2.45) is 0 Å². The second kappa shape index (κ2) is 4.74. The molecule has 0 saturated heterocycles. The van der Waals surface area contributed by atoms with Crippen molar-refractivity contribution >= 4 is 5.97 Å². The number of rotatable bonds is 3. The minimum absolute atomic E-state index is 0.295. The van der Waals surface area contributed by atoms with Gasteiger partial charge in [-0.15, -0.1) is 0 Å². The Bertz CT molecular complexity index is 540. The highest BCUT2D eigenvalue weighted by molar-refractivity contribution is 5.88. The third kappa shape index (κ3) is 2.47. The van der Waals surface area contributed by atoms with Crippen LogP contribution in [0.2, 0.25) is 0 Å². The summed E-state index contributed by atoms with van der Waals surface area (Å²) in [5.74, 6) is -1.92. The molecule has 3 nitrogen and oxygen atoms in total. The second-order valence-electron chi connectivity index (χ2n) is 3.62. The van der Waals surface area contributed by atoms with Crippen molar-refractivity contribution in [3.8, 4) is 0 Å². The Labute approximate surface area is 97.6 Å². The van der Waals surface area contributed by atoms with E-state index in [1.54, 1.807) is 36.7 Å². The number of pyridine rings is 1. The number of hydrogen-bond donors (Lipinski definition) is 1. The molecule has 1 N–H and O–H groups in total. The molecule has 0 fully saturated rings. The van der Waals surface area contributed by atoms with Crippen LogP contribution in [0, 0.1) is 5.82 Å². The van der Waals surface area contributed by atoms with Crippen LogP contribution in [0.4, 0.5) is 4.39 Å². The fourth-order valence-corrected chi connectivity index (χ4v) is 1.60. The first-order valence-electron chi connectivity index (χ1n) is 5.08. The quantitative estimate of drug-likeness (QED) is 0.882. The molecule has 2 rings (SSSR count). The lowest BCUT2D eigenvalue weighted by Gasteiger charge is -2.05. The molecule has 0 saturated carbocycles. The van der Waals surface area contributed by atoms with E-state index >= 15 is 0 Å². The highest BCUT2D eigenvalue weighted by Gasteiger charge is 2.13. The van der Waals surface area contributed by atoms with E-state index in [-0.39, 0.29) is 5.56 Å². The number of carboxylic acids is 1. The molecule has 1 heterocycles. The predicted molar refractivity (Wildman–Crippen MR) is 60.4 cm³/mol. The smallest absolute Gasteiger partial charge is 0.338 e. The van der Waals surface area contributed by atoms with E-state index in [1.807, 2.05) is 0 Å². The molecule has 0 radical (unpaired) electrons. The summed E-state index contributed by atoms with van der Waals surface area (Å²) in [7, 11) is 0. The van der Waals surface area contributed by atoms with Gasteiger partial charge in [-0.05, 0) is 29.3 Å². The van der Waals surface area contributed by atoms with Crippen molar-refractivity contribution in [3.05, 3.63) is 65.2 Å². The molecule has 4 heteroatoms. The van der Waals surface area contributed by atoms with E-state index in [1.165, 1.54) is 6.07 Å². The number of nitrogens with zero attached hydrogens (tertiary/aromatic N) is 1. The van der Waals surface area contributed by atoms with Crippen molar-refractivity contribution in [2.45, 2.75) is 6.42 Å². The standard InChI is InChI=1S/C13H10FNO2/c14-12-10(2-1-3-11(12)13(16)17)8-9-4-6-15-7-5-9/h1-7H,8H2,(H,16,17). The molecule has 17 heavy (non-hydrogen) atoms. The number of carboxylic acid groups (broad SMARTS) is 1. The van der Waals surface area contributed by atoms with Crippen LogP contribution in [0.25, 0.3) is 0 Å². The minimum Gasteiger partial charge on any atom is -0.478 e. The Morgan fingerprint density at radius 3 is 2.59 bits per heavy atom. The van der Waals surface area contributed by atoms with E-state index < -0.39 is 11.8 Å². The van der Waals surface area contributed by atoms with E-state index in [0.29, 0.717) is 12.0 Å². The zero-order valence-corrected chi connectivity index (χ0v) is 8.93. The molecular formula is C13H10FNO2. The summed E-state index contributed by atoms with van der Waals surface area (Å²) in [5, 5.41) is 8.81. The average Bonchev–Trinajstić information content (AvgIpc) is 2.33. The van der Waals surface area contributed by atoms with Crippen LogP contribution in [0.5, 0.6) is 0 Å². The maximum Gasteiger partial charge on any atom is 0.338 e. The van der Waals surface area contributed by atoms with Crippen molar-refractivity contribution in [3.63, 3.8) is 0 Å². The molecule has 0 atom stereocenters. The lowest BCUT2D eigenvalue weighted by Crippen LogP contribution is -2.04. The second-order valence-corrected chi connectivity index (χ2v) is 3.62. The van der Waals surface area contributed by atoms with E-state index in [0.717, 1.165) is 5.56 Å². The van der Waals surface area contributed by atoms with Crippen molar-refractivity contribution in [1.82, 2.24) is 4.98 Å². The molecule has 0 aliphatic rings. The van der Waals surface area contributed by atoms with Gasteiger partial charge in [0.05, 0.1) is 5.56 Å². The number of aromatic carboxylic acids is 1. The number of halogens is 1. The average molecular weight is 231 g/mol. The van der Waals surface area contributed by atoms with Crippen LogP contribution in [-0.4, -0.2) is 16.1 Å². The summed E-state index contributed by atoms with van der Waals surface area (Å²) in [6.45, 7) is 0. The highest BCUT2D eigenvalue weighted by atomic mass is 19.1. The fraction of sp³-hybridized carbons (Fsp3) is 0.0769. The lowest BCUT2D eigenvalue weighted by molar-refractivity contribution is 0.0691. The third-order valence-corrected chi connectivity index (χ3v) is 2.45. The first-order valence-corrected chi connectivity index (χ1v) is 5.08. The van der Waals surface area contributed by atoms with Crippen molar-refractivity contribution < 1.29 is 14.3 Å². The molecule has 0 bridgehead atoms. The van der Waals surface area contributed by atoms with Gasteiger partial charge in [-0.1, -0.05) is 12.1 Å². The zero-order valence-electron chi connectivity index (χ0n) is 8.93. The maximum atomic E-state index is 13.8. The van der Waals surface area contributed by atoms with Gasteiger partial charge in [0.1, 0.15) is 5.82 Å². The van der Waals surface area contributed by atoms with Crippen molar-refractivity contribution in [1.29, 1.82) is 0 Å². The number of benzene rings is 1. The molecule has 2 aromatic rings. The molecule has 0 unspecified atom stereocenters. The highest BCUT2D eigenvalue weighted by Crippen LogP contribution is 2.16. The SMILES string of the molecule is O=C(O)c1cccc(Cc2ccncc2)c1F. The molecule has 0 spiro atoms. The van der Waals surface area contributed by atoms with Gasteiger partial charge in [0.2, 0.25) is 0 Å². The Balaban J connectivity index is 2.34. The molecule has 86 valence electrons. The topological polar surface area (TPSA) is 50.2 Å². The summed E-state index contributed by atoms with van der Waals surface area (Å²) in [5.41, 5.74) is 0.967. The summed E-state index contributed by atoms with van der Waals surface area (Å²) >= 11 is 0. The normalized spacial score (nSPS) is 10.2. The molecule has 0 aliphatic carbocycles. The monoisotopic (exact) mass is 231 g/mol. The number of carbonyl (C=O) groups is 1. The summed E-state index contributed by atoms with van der Waals surface area (Å²) in [6, 6.07) is 7.93. The van der Waals surface area contributed by atoms with Gasteiger partial charge in [-0.2, -0.15) is 0 Å². The Hall–Kier alpha value is -2.23. The zero-order chi connectivity index (χ0) is 12.3. The van der Waals surface area contributed by atoms with Crippen LogP contribution in [0.3, 0.4) is 0 Å². The van der Waals surface area contributed by atoms with Crippen LogP contribution in [-0.2, 0) is 6.42 Å². The summed E-state index contributed by atoms with van der Waals surface area (Å²) in [6.07, 6.45) is 3.60. The van der Waals surface area contributed by atoms with Gasteiger partial charge < -0.3 is 5.11 Å².